The zero-order valence-electron chi connectivity index (χ0n) is 11.8. The van der Waals surface area contributed by atoms with E-state index in [9.17, 15) is 8.78 Å². The summed E-state index contributed by atoms with van der Waals surface area (Å²) in [5.74, 6) is -0.475. The highest BCUT2D eigenvalue weighted by molar-refractivity contribution is 14.1. The standard InChI is InChI=1S/C16H16F2INO/c1-3-20-16(12-6-5-11(17)9-14(12)19)10-4-7-15(21-2)13(18)8-10/h4-9,16,20H,3H2,1-2H3. The van der Waals surface area contributed by atoms with Crippen LogP contribution in [0.15, 0.2) is 36.4 Å². The van der Waals surface area contributed by atoms with Crippen LogP contribution in [0.3, 0.4) is 0 Å². The molecule has 0 aliphatic heterocycles. The highest BCUT2D eigenvalue weighted by Crippen LogP contribution is 2.29. The second kappa shape index (κ2) is 7.17. The van der Waals surface area contributed by atoms with Crippen molar-refractivity contribution in [2.45, 2.75) is 13.0 Å². The van der Waals surface area contributed by atoms with Crippen molar-refractivity contribution >= 4 is 22.6 Å². The lowest BCUT2D eigenvalue weighted by Gasteiger charge is -2.21. The van der Waals surface area contributed by atoms with Gasteiger partial charge in [-0.1, -0.05) is 19.1 Å². The summed E-state index contributed by atoms with van der Waals surface area (Å²) in [5, 5.41) is 3.31. The zero-order chi connectivity index (χ0) is 15.4. The van der Waals surface area contributed by atoms with E-state index in [2.05, 4.69) is 27.9 Å². The number of hydrogen-bond acceptors (Lipinski definition) is 2. The minimum atomic E-state index is -0.407. The van der Waals surface area contributed by atoms with Gasteiger partial charge in [0.15, 0.2) is 11.6 Å². The van der Waals surface area contributed by atoms with Crippen LogP contribution in [0.5, 0.6) is 5.75 Å². The third-order valence-electron chi connectivity index (χ3n) is 3.19. The first-order valence-corrected chi connectivity index (χ1v) is 7.66. The maximum atomic E-state index is 13.9. The molecule has 112 valence electrons. The van der Waals surface area contributed by atoms with Crippen LogP contribution in [0.2, 0.25) is 0 Å². The summed E-state index contributed by atoms with van der Waals surface area (Å²) in [6, 6.07) is 9.29. The fourth-order valence-electron chi connectivity index (χ4n) is 2.21. The first kappa shape index (κ1) is 16.2. The quantitative estimate of drug-likeness (QED) is 0.753. The van der Waals surface area contributed by atoms with Gasteiger partial charge in [0, 0.05) is 3.57 Å². The number of benzene rings is 2. The molecule has 0 saturated heterocycles. The van der Waals surface area contributed by atoms with Crippen LogP contribution >= 0.6 is 22.6 Å². The number of halogens is 3. The molecule has 0 aliphatic carbocycles. The maximum Gasteiger partial charge on any atom is 0.165 e. The normalized spacial score (nSPS) is 12.2. The Bertz CT molecular complexity index is 634. The van der Waals surface area contributed by atoms with Crippen LogP contribution in [0.25, 0.3) is 0 Å². The molecule has 0 amide bonds. The number of methoxy groups -OCH3 is 1. The summed E-state index contributed by atoms with van der Waals surface area (Å²) < 4.78 is 32.9. The first-order valence-electron chi connectivity index (χ1n) is 6.58. The lowest BCUT2D eigenvalue weighted by molar-refractivity contribution is 0.385. The van der Waals surface area contributed by atoms with E-state index in [1.54, 1.807) is 12.1 Å². The molecule has 0 aromatic heterocycles. The lowest BCUT2D eigenvalue weighted by Crippen LogP contribution is -2.23. The van der Waals surface area contributed by atoms with E-state index in [0.29, 0.717) is 6.54 Å². The number of nitrogens with one attached hydrogen (secondary N) is 1. The van der Waals surface area contributed by atoms with Crippen LogP contribution in [0, 0.1) is 15.2 Å². The van der Waals surface area contributed by atoms with Gasteiger partial charge in [-0.15, -0.1) is 0 Å². The van der Waals surface area contributed by atoms with E-state index < -0.39 is 5.82 Å². The highest BCUT2D eigenvalue weighted by atomic mass is 127. The lowest BCUT2D eigenvalue weighted by atomic mass is 9.98. The molecule has 0 bridgehead atoms. The van der Waals surface area contributed by atoms with Gasteiger partial charge >= 0.3 is 0 Å². The summed E-state index contributed by atoms with van der Waals surface area (Å²) in [7, 11) is 1.43. The Morgan fingerprint density at radius 3 is 2.52 bits per heavy atom. The molecule has 1 atom stereocenters. The SMILES string of the molecule is CCNC(c1ccc(OC)c(F)c1)c1ccc(F)cc1I. The second-order valence-corrected chi connectivity index (χ2v) is 5.71. The summed E-state index contributed by atoms with van der Waals surface area (Å²) in [4.78, 5) is 0. The van der Waals surface area contributed by atoms with Gasteiger partial charge < -0.3 is 10.1 Å². The number of rotatable bonds is 5. The Labute approximate surface area is 136 Å². The molecule has 1 N–H and O–H groups in total. The molecule has 2 aromatic rings. The fraction of sp³-hybridized carbons (Fsp3) is 0.250. The third kappa shape index (κ3) is 3.71. The topological polar surface area (TPSA) is 21.3 Å². The van der Waals surface area contributed by atoms with Crippen molar-refractivity contribution in [2.75, 3.05) is 13.7 Å². The molecule has 5 heteroatoms. The molecule has 0 fully saturated rings. The van der Waals surface area contributed by atoms with Gasteiger partial charge in [0.05, 0.1) is 13.2 Å². The van der Waals surface area contributed by atoms with Crippen molar-refractivity contribution in [3.8, 4) is 5.75 Å². The maximum absolute atomic E-state index is 13.9. The third-order valence-corrected chi connectivity index (χ3v) is 4.13. The molecule has 2 aromatic carbocycles. The number of hydrogen-bond donors (Lipinski definition) is 1. The molecule has 1 unspecified atom stereocenters. The van der Waals surface area contributed by atoms with Crippen molar-refractivity contribution in [1.29, 1.82) is 0 Å². The van der Waals surface area contributed by atoms with E-state index in [1.807, 2.05) is 13.0 Å². The summed E-state index contributed by atoms with van der Waals surface area (Å²) >= 11 is 2.09. The monoisotopic (exact) mass is 403 g/mol. The van der Waals surface area contributed by atoms with Crippen molar-refractivity contribution in [2.24, 2.45) is 0 Å². The Hall–Kier alpha value is -1.21. The van der Waals surface area contributed by atoms with Gasteiger partial charge in [-0.05, 0) is 64.5 Å². The van der Waals surface area contributed by atoms with Crippen LogP contribution in [-0.2, 0) is 0 Å². The van der Waals surface area contributed by atoms with Crippen molar-refractivity contribution in [3.05, 3.63) is 62.7 Å². The largest absolute Gasteiger partial charge is 0.494 e. The molecular weight excluding hydrogens is 387 g/mol. The Kier molecular flexibility index (Phi) is 5.52. The molecule has 0 saturated carbocycles. The molecular formula is C16H16F2INO. The summed E-state index contributed by atoms with van der Waals surface area (Å²) in [6.07, 6.45) is 0. The summed E-state index contributed by atoms with van der Waals surface area (Å²) in [5.41, 5.74) is 1.70. The van der Waals surface area contributed by atoms with E-state index in [4.69, 9.17) is 4.74 Å². The van der Waals surface area contributed by atoms with Crippen molar-refractivity contribution in [1.82, 2.24) is 5.32 Å². The Morgan fingerprint density at radius 2 is 1.95 bits per heavy atom. The molecule has 2 rings (SSSR count). The van der Waals surface area contributed by atoms with Gasteiger partial charge in [0.1, 0.15) is 5.82 Å². The van der Waals surface area contributed by atoms with Crippen molar-refractivity contribution in [3.63, 3.8) is 0 Å². The van der Waals surface area contributed by atoms with Gasteiger partial charge in [-0.3, -0.25) is 0 Å². The number of ether oxygens (including phenoxy) is 1. The van der Waals surface area contributed by atoms with Gasteiger partial charge in [-0.2, -0.15) is 0 Å². The van der Waals surface area contributed by atoms with Crippen LogP contribution < -0.4 is 10.1 Å². The van der Waals surface area contributed by atoms with Gasteiger partial charge in [0.25, 0.3) is 0 Å². The fourth-order valence-corrected chi connectivity index (χ4v) is 3.00. The molecule has 2 nitrogen and oxygen atoms in total. The Balaban J connectivity index is 2.45. The van der Waals surface area contributed by atoms with E-state index in [0.717, 1.165) is 14.7 Å². The van der Waals surface area contributed by atoms with E-state index in [-0.39, 0.29) is 17.6 Å². The van der Waals surface area contributed by atoms with Crippen molar-refractivity contribution < 1.29 is 13.5 Å². The van der Waals surface area contributed by atoms with E-state index >= 15 is 0 Å². The first-order chi connectivity index (χ1) is 10.1. The molecule has 21 heavy (non-hydrogen) atoms. The molecule has 0 heterocycles. The zero-order valence-corrected chi connectivity index (χ0v) is 13.9. The van der Waals surface area contributed by atoms with Gasteiger partial charge in [-0.25, -0.2) is 8.78 Å². The predicted octanol–water partition coefficient (Wildman–Crippen LogP) is 4.28. The van der Waals surface area contributed by atoms with Crippen LogP contribution in [-0.4, -0.2) is 13.7 Å². The molecule has 0 radical (unpaired) electrons. The van der Waals surface area contributed by atoms with Gasteiger partial charge in [0.2, 0.25) is 0 Å². The predicted molar refractivity (Wildman–Crippen MR) is 87.6 cm³/mol. The highest BCUT2D eigenvalue weighted by Gasteiger charge is 2.18. The minimum absolute atomic E-state index is 0.192. The second-order valence-electron chi connectivity index (χ2n) is 4.55. The van der Waals surface area contributed by atoms with Crippen LogP contribution in [0.4, 0.5) is 8.78 Å². The van der Waals surface area contributed by atoms with E-state index in [1.165, 1.54) is 25.3 Å². The average molecular weight is 403 g/mol. The molecule has 0 aliphatic rings. The van der Waals surface area contributed by atoms with Crippen LogP contribution in [0.1, 0.15) is 24.1 Å². The average Bonchev–Trinajstić information content (AvgIpc) is 2.45. The Morgan fingerprint density at radius 1 is 1.19 bits per heavy atom. The summed E-state index contributed by atoms with van der Waals surface area (Å²) in [6.45, 7) is 2.69. The minimum Gasteiger partial charge on any atom is -0.494 e. The molecule has 0 spiro atoms. The smallest absolute Gasteiger partial charge is 0.165 e.